The van der Waals surface area contributed by atoms with Crippen LogP contribution in [0.5, 0.6) is 0 Å². The van der Waals surface area contributed by atoms with Crippen LogP contribution in [0.2, 0.25) is 0 Å². The van der Waals surface area contributed by atoms with E-state index in [-0.39, 0.29) is 11.9 Å². The van der Waals surface area contributed by atoms with Crippen molar-refractivity contribution in [1.29, 1.82) is 5.26 Å². The number of carbonyl (C=O) groups is 1. The van der Waals surface area contributed by atoms with Crippen molar-refractivity contribution >= 4 is 23.4 Å². The molecule has 0 radical (unpaired) electrons. The summed E-state index contributed by atoms with van der Waals surface area (Å²) >= 11 is 0. The van der Waals surface area contributed by atoms with Gasteiger partial charge < -0.3 is 20.3 Å². The highest BCUT2D eigenvalue weighted by molar-refractivity contribution is 6.04. The second-order valence-corrected chi connectivity index (χ2v) is 9.73. The lowest BCUT2D eigenvalue weighted by Crippen LogP contribution is -2.44. The molecule has 2 aromatic heterocycles. The van der Waals surface area contributed by atoms with E-state index in [1.165, 1.54) is 0 Å². The number of ether oxygens (including phenoxy) is 1. The Morgan fingerprint density at radius 2 is 2.05 bits per heavy atom. The van der Waals surface area contributed by atoms with Crippen molar-refractivity contribution in [2.75, 3.05) is 41.8 Å². The summed E-state index contributed by atoms with van der Waals surface area (Å²) in [4.78, 5) is 29.1. The molecule has 1 atom stereocenters. The zero-order valence-electron chi connectivity index (χ0n) is 22.0. The van der Waals surface area contributed by atoms with Crippen LogP contribution >= 0.6 is 0 Å². The van der Waals surface area contributed by atoms with E-state index in [1.54, 1.807) is 32.2 Å². The number of anilines is 3. The number of benzene rings is 1. The van der Waals surface area contributed by atoms with Crippen molar-refractivity contribution < 1.29 is 9.53 Å². The third-order valence-corrected chi connectivity index (χ3v) is 6.42. The van der Waals surface area contributed by atoms with E-state index in [9.17, 15) is 10.1 Å². The van der Waals surface area contributed by atoms with Crippen molar-refractivity contribution in [3.8, 4) is 17.3 Å². The number of aryl methyl sites for hydroxylation is 1. The van der Waals surface area contributed by atoms with Crippen molar-refractivity contribution in [2.45, 2.75) is 46.1 Å². The molecule has 3 aromatic rings. The fourth-order valence-electron chi connectivity index (χ4n) is 4.17. The molecule has 0 saturated carbocycles. The van der Waals surface area contributed by atoms with Gasteiger partial charge in [-0.05, 0) is 64.4 Å². The third kappa shape index (κ3) is 5.87. The summed E-state index contributed by atoms with van der Waals surface area (Å²) < 4.78 is 5.61. The molecule has 2 N–H and O–H groups in total. The Hall–Kier alpha value is -4.03. The Morgan fingerprint density at radius 3 is 2.78 bits per heavy atom. The summed E-state index contributed by atoms with van der Waals surface area (Å²) in [5.74, 6) is 1.13. The number of hydrogen-bond donors (Lipinski definition) is 2. The van der Waals surface area contributed by atoms with Gasteiger partial charge in [0.1, 0.15) is 5.82 Å². The maximum atomic E-state index is 13.1. The number of nitrogens with zero attached hydrogens (tertiary/aromatic N) is 5. The molecule has 1 unspecified atom stereocenters. The van der Waals surface area contributed by atoms with Crippen LogP contribution in [0.4, 0.5) is 17.5 Å². The van der Waals surface area contributed by atoms with Gasteiger partial charge >= 0.3 is 0 Å². The first kappa shape index (κ1) is 26.0. The van der Waals surface area contributed by atoms with Gasteiger partial charge in [0.15, 0.2) is 0 Å². The van der Waals surface area contributed by atoms with E-state index in [1.807, 2.05) is 38.1 Å². The quantitative estimate of drug-likeness (QED) is 0.486. The van der Waals surface area contributed by atoms with E-state index in [0.717, 1.165) is 29.2 Å². The molecule has 9 heteroatoms. The van der Waals surface area contributed by atoms with Crippen molar-refractivity contribution in [3.63, 3.8) is 0 Å². The molecule has 4 rings (SSSR count). The smallest absolute Gasteiger partial charge is 0.255 e. The Labute approximate surface area is 217 Å². The number of amides is 1. The van der Waals surface area contributed by atoms with Crippen molar-refractivity contribution in [1.82, 2.24) is 15.0 Å². The van der Waals surface area contributed by atoms with Crippen LogP contribution < -0.4 is 15.5 Å². The van der Waals surface area contributed by atoms with Gasteiger partial charge in [-0.1, -0.05) is 6.07 Å². The molecule has 0 aliphatic carbocycles. The third-order valence-electron chi connectivity index (χ3n) is 6.42. The molecule has 1 aromatic carbocycles. The summed E-state index contributed by atoms with van der Waals surface area (Å²) in [6, 6.07) is 13.5. The molecular weight excluding hydrogens is 466 g/mol. The van der Waals surface area contributed by atoms with Gasteiger partial charge in [0, 0.05) is 42.2 Å². The summed E-state index contributed by atoms with van der Waals surface area (Å²) in [6.45, 7) is 12.5. The Bertz CT molecular complexity index is 1330. The lowest BCUT2D eigenvalue weighted by Gasteiger charge is -2.34. The highest BCUT2D eigenvalue weighted by Gasteiger charge is 2.24. The Morgan fingerprint density at radius 1 is 1.24 bits per heavy atom. The van der Waals surface area contributed by atoms with E-state index in [0.29, 0.717) is 42.7 Å². The first-order chi connectivity index (χ1) is 17.7. The molecule has 1 saturated heterocycles. The number of nitrogens with one attached hydrogen (secondary N) is 2. The van der Waals surface area contributed by atoms with Crippen LogP contribution in [0, 0.1) is 18.3 Å². The summed E-state index contributed by atoms with van der Waals surface area (Å²) in [5.41, 5.74) is 3.55. The average Bonchev–Trinajstić information content (AvgIpc) is 2.90. The van der Waals surface area contributed by atoms with E-state index < -0.39 is 5.41 Å². The fourth-order valence-corrected chi connectivity index (χ4v) is 4.17. The first-order valence-electron chi connectivity index (χ1n) is 12.5. The number of hydrogen-bond acceptors (Lipinski definition) is 8. The minimum absolute atomic E-state index is 0.203. The van der Waals surface area contributed by atoms with Crippen LogP contribution in [0.15, 0.2) is 42.6 Å². The zero-order chi connectivity index (χ0) is 26.6. The number of pyridine rings is 1. The SMILES string of the molecule is CCNc1nc(-c2cc(NC(=O)c3ccnc(C(C)(C)C#N)c3)ccc2C)cc(N2CCOCC2C)n1. The number of morpholine rings is 1. The molecule has 9 nitrogen and oxygen atoms in total. The van der Waals surface area contributed by atoms with Crippen LogP contribution in [-0.4, -0.2) is 53.2 Å². The minimum Gasteiger partial charge on any atom is -0.377 e. The molecule has 1 aliphatic rings. The zero-order valence-corrected chi connectivity index (χ0v) is 22.0. The maximum Gasteiger partial charge on any atom is 0.255 e. The minimum atomic E-state index is -0.791. The molecule has 37 heavy (non-hydrogen) atoms. The molecule has 1 aliphatic heterocycles. The highest BCUT2D eigenvalue weighted by atomic mass is 16.5. The van der Waals surface area contributed by atoms with Crippen LogP contribution in [0.25, 0.3) is 11.3 Å². The largest absolute Gasteiger partial charge is 0.377 e. The first-order valence-corrected chi connectivity index (χ1v) is 12.5. The molecule has 0 bridgehead atoms. The van der Waals surface area contributed by atoms with Crippen LogP contribution in [-0.2, 0) is 10.2 Å². The lowest BCUT2D eigenvalue weighted by molar-refractivity contribution is 0.0985. The Kier molecular flexibility index (Phi) is 7.69. The second-order valence-electron chi connectivity index (χ2n) is 9.73. The van der Waals surface area contributed by atoms with Gasteiger partial charge in [-0.25, -0.2) is 4.98 Å². The summed E-state index contributed by atoms with van der Waals surface area (Å²) in [6.07, 6.45) is 1.56. The van der Waals surface area contributed by atoms with Gasteiger partial charge in [-0.3, -0.25) is 9.78 Å². The van der Waals surface area contributed by atoms with Crippen LogP contribution in [0.3, 0.4) is 0 Å². The van der Waals surface area contributed by atoms with Gasteiger partial charge in [0.2, 0.25) is 5.95 Å². The number of carbonyl (C=O) groups excluding carboxylic acids is 1. The van der Waals surface area contributed by atoms with Gasteiger partial charge in [0.05, 0.1) is 42.1 Å². The Balaban J connectivity index is 1.66. The van der Waals surface area contributed by atoms with Gasteiger partial charge in [0.25, 0.3) is 5.91 Å². The molecule has 1 fully saturated rings. The second kappa shape index (κ2) is 10.9. The fraction of sp³-hybridized carbons (Fsp3) is 0.393. The molecule has 192 valence electrons. The van der Waals surface area contributed by atoms with Gasteiger partial charge in [-0.15, -0.1) is 0 Å². The molecule has 3 heterocycles. The maximum absolute atomic E-state index is 13.1. The van der Waals surface area contributed by atoms with Gasteiger partial charge in [-0.2, -0.15) is 10.2 Å². The predicted octanol–water partition coefficient (Wildman–Crippen LogP) is 4.56. The standard InChI is InChI=1S/C28H33N7O2/c1-6-30-27-33-23(15-25(34-27)35-11-12-37-16-19(35)3)22-14-21(8-7-18(22)2)32-26(36)20-9-10-31-24(13-20)28(4,5)17-29/h7-10,13-15,19H,6,11-12,16H2,1-5H3,(H,32,36)(H,30,33,34). The number of aromatic nitrogens is 3. The van der Waals surface area contributed by atoms with E-state index in [4.69, 9.17) is 14.7 Å². The highest BCUT2D eigenvalue weighted by Crippen LogP contribution is 2.30. The van der Waals surface area contributed by atoms with E-state index in [2.05, 4.69) is 33.5 Å². The number of nitriles is 1. The molecule has 0 spiro atoms. The molecule has 1 amide bonds. The van der Waals surface area contributed by atoms with Crippen LogP contribution in [0.1, 0.15) is 49.3 Å². The van der Waals surface area contributed by atoms with Crippen molar-refractivity contribution in [3.05, 3.63) is 59.4 Å². The molecular formula is C28H33N7O2. The predicted molar refractivity (Wildman–Crippen MR) is 145 cm³/mol. The topological polar surface area (TPSA) is 116 Å². The normalized spacial score (nSPS) is 15.7. The summed E-state index contributed by atoms with van der Waals surface area (Å²) in [7, 11) is 0. The monoisotopic (exact) mass is 499 g/mol. The average molecular weight is 500 g/mol. The summed E-state index contributed by atoms with van der Waals surface area (Å²) in [5, 5.41) is 15.7. The van der Waals surface area contributed by atoms with Crippen molar-refractivity contribution in [2.24, 2.45) is 0 Å². The number of rotatable bonds is 7. The lowest BCUT2D eigenvalue weighted by atomic mass is 9.90. The van der Waals surface area contributed by atoms with E-state index >= 15 is 0 Å².